The SMILES string of the molecule is CCOC(=O)CCC(=O)NC[C@H](c1ccc(N(C)C)cc1)[NH+]1CCOCC1. The van der Waals surface area contributed by atoms with Gasteiger partial charge in [-0.3, -0.25) is 9.59 Å². The van der Waals surface area contributed by atoms with Gasteiger partial charge in [0.15, 0.2) is 0 Å². The molecule has 7 nitrogen and oxygen atoms in total. The Hall–Kier alpha value is -2.12. The Balaban J connectivity index is 1.98. The molecular formula is C20H32N3O4+. The summed E-state index contributed by atoms with van der Waals surface area (Å²) in [5, 5.41) is 2.99. The smallest absolute Gasteiger partial charge is 0.306 e. The maximum absolute atomic E-state index is 12.2. The first-order valence-electron chi connectivity index (χ1n) is 9.63. The van der Waals surface area contributed by atoms with Crippen molar-refractivity contribution in [2.24, 2.45) is 0 Å². The highest BCUT2D eigenvalue weighted by Gasteiger charge is 2.27. The van der Waals surface area contributed by atoms with Crippen LogP contribution in [0, 0.1) is 0 Å². The molecule has 0 unspecified atom stereocenters. The number of nitrogens with zero attached hydrogens (tertiary/aromatic N) is 1. The Bertz CT molecular complexity index is 598. The minimum absolute atomic E-state index is 0.117. The Kier molecular flexibility index (Phi) is 8.54. The van der Waals surface area contributed by atoms with Crippen molar-refractivity contribution in [2.75, 3.05) is 58.5 Å². The molecule has 150 valence electrons. The van der Waals surface area contributed by atoms with Crippen LogP contribution >= 0.6 is 0 Å². The second-order valence-corrected chi connectivity index (χ2v) is 6.92. The van der Waals surface area contributed by atoms with E-state index in [1.807, 2.05) is 14.1 Å². The molecule has 1 fully saturated rings. The van der Waals surface area contributed by atoms with E-state index in [9.17, 15) is 9.59 Å². The molecule has 0 bridgehead atoms. The van der Waals surface area contributed by atoms with E-state index in [1.54, 1.807) is 6.92 Å². The van der Waals surface area contributed by atoms with E-state index < -0.39 is 0 Å². The van der Waals surface area contributed by atoms with E-state index in [2.05, 4.69) is 34.5 Å². The molecule has 2 rings (SSSR count). The molecule has 2 N–H and O–H groups in total. The minimum Gasteiger partial charge on any atom is -0.466 e. The van der Waals surface area contributed by atoms with Crippen LogP contribution in [-0.4, -0.2) is 65.4 Å². The van der Waals surface area contributed by atoms with Gasteiger partial charge in [0.1, 0.15) is 19.1 Å². The van der Waals surface area contributed by atoms with Crippen LogP contribution in [-0.2, 0) is 19.1 Å². The largest absolute Gasteiger partial charge is 0.466 e. The Morgan fingerprint density at radius 1 is 1.19 bits per heavy atom. The second kappa shape index (κ2) is 10.9. The molecule has 1 aliphatic rings. The predicted molar refractivity (Wildman–Crippen MR) is 104 cm³/mol. The highest BCUT2D eigenvalue weighted by molar-refractivity contribution is 5.81. The molecule has 27 heavy (non-hydrogen) atoms. The van der Waals surface area contributed by atoms with Gasteiger partial charge < -0.3 is 24.6 Å². The number of carbonyl (C=O) groups is 2. The Labute approximate surface area is 161 Å². The lowest BCUT2D eigenvalue weighted by molar-refractivity contribution is -0.937. The number of morpholine rings is 1. The average Bonchev–Trinajstić information content (AvgIpc) is 2.68. The van der Waals surface area contributed by atoms with Gasteiger partial charge in [-0.1, -0.05) is 12.1 Å². The molecule has 0 aliphatic carbocycles. The fraction of sp³-hybridized carbons (Fsp3) is 0.600. The fourth-order valence-corrected chi connectivity index (χ4v) is 3.24. The first kappa shape index (κ1) is 21.2. The van der Waals surface area contributed by atoms with Crippen molar-refractivity contribution in [1.29, 1.82) is 0 Å². The zero-order valence-corrected chi connectivity index (χ0v) is 16.6. The number of amides is 1. The molecule has 1 saturated heterocycles. The van der Waals surface area contributed by atoms with Crippen LogP contribution in [0.25, 0.3) is 0 Å². The third-order valence-electron chi connectivity index (χ3n) is 4.80. The van der Waals surface area contributed by atoms with Gasteiger partial charge in [0, 0.05) is 31.8 Å². The first-order valence-corrected chi connectivity index (χ1v) is 9.63. The van der Waals surface area contributed by atoms with E-state index in [-0.39, 0.29) is 30.8 Å². The Morgan fingerprint density at radius 3 is 2.44 bits per heavy atom. The zero-order valence-electron chi connectivity index (χ0n) is 16.6. The molecule has 0 aromatic heterocycles. The van der Waals surface area contributed by atoms with Gasteiger partial charge in [0.05, 0.1) is 32.8 Å². The third-order valence-corrected chi connectivity index (χ3v) is 4.80. The molecule has 0 saturated carbocycles. The summed E-state index contributed by atoms with van der Waals surface area (Å²) in [4.78, 5) is 27.0. The van der Waals surface area contributed by atoms with Crippen LogP contribution in [0.4, 0.5) is 5.69 Å². The van der Waals surface area contributed by atoms with Gasteiger partial charge >= 0.3 is 5.97 Å². The van der Waals surface area contributed by atoms with Gasteiger partial charge in [-0.05, 0) is 19.1 Å². The number of hydrogen-bond donors (Lipinski definition) is 2. The van der Waals surface area contributed by atoms with Crippen LogP contribution in [0.5, 0.6) is 0 Å². The monoisotopic (exact) mass is 378 g/mol. The lowest BCUT2D eigenvalue weighted by atomic mass is 10.0. The summed E-state index contributed by atoms with van der Waals surface area (Å²) >= 11 is 0. The van der Waals surface area contributed by atoms with Crippen LogP contribution in [0.2, 0.25) is 0 Å². The highest BCUT2D eigenvalue weighted by Crippen LogP contribution is 2.16. The van der Waals surface area contributed by atoms with Crippen LogP contribution in [0.15, 0.2) is 24.3 Å². The topological polar surface area (TPSA) is 72.3 Å². The third kappa shape index (κ3) is 6.84. The molecule has 1 aliphatic heterocycles. The van der Waals surface area contributed by atoms with Crippen LogP contribution in [0.1, 0.15) is 31.4 Å². The van der Waals surface area contributed by atoms with E-state index in [0.717, 1.165) is 32.0 Å². The number of rotatable bonds is 9. The lowest BCUT2D eigenvalue weighted by Gasteiger charge is -2.32. The van der Waals surface area contributed by atoms with Crippen molar-refractivity contribution in [3.63, 3.8) is 0 Å². The van der Waals surface area contributed by atoms with Crippen LogP contribution < -0.4 is 15.1 Å². The van der Waals surface area contributed by atoms with Crippen molar-refractivity contribution < 1.29 is 24.0 Å². The number of esters is 1. The summed E-state index contributed by atoms with van der Waals surface area (Å²) in [7, 11) is 4.03. The number of carbonyl (C=O) groups excluding carboxylic acids is 2. The summed E-state index contributed by atoms with van der Waals surface area (Å²) in [6, 6.07) is 8.63. The number of anilines is 1. The zero-order chi connectivity index (χ0) is 19.6. The van der Waals surface area contributed by atoms with Crippen molar-refractivity contribution in [3.05, 3.63) is 29.8 Å². The van der Waals surface area contributed by atoms with Crippen molar-refractivity contribution in [1.82, 2.24) is 5.32 Å². The summed E-state index contributed by atoms with van der Waals surface area (Å²) in [5.41, 5.74) is 2.34. The van der Waals surface area contributed by atoms with Gasteiger partial charge in [0.2, 0.25) is 5.91 Å². The lowest BCUT2D eigenvalue weighted by Crippen LogP contribution is -3.15. The number of quaternary nitrogens is 1. The Morgan fingerprint density at radius 2 is 1.85 bits per heavy atom. The van der Waals surface area contributed by atoms with Crippen LogP contribution in [0.3, 0.4) is 0 Å². The van der Waals surface area contributed by atoms with E-state index >= 15 is 0 Å². The first-order chi connectivity index (χ1) is 13.0. The van der Waals surface area contributed by atoms with Crippen molar-refractivity contribution >= 4 is 17.6 Å². The summed E-state index contributed by atoms with van der Waals surface area (Å²) in [6.07, 6.45) is 0.274. The van der Waals surface area contributed by atoms with Crippen molar-refractivity contribution in [2.45, 2.75) is 25.8 Å². The molecule has 0 spiro atoms. The van der Waals surface area contributed by atoms with Gasteiger partial charge in [0.25, 0.3) is 0 Å². The molecule has 1 heterocycles. The number of nitrogens with one attached hydrogen (secondary N) is 2. The number of hydrogen-bond acceptors (Lipinski definition) is 5. The summed E-state index contributed by atoms with van der Waals surface area (Å²) < 4.78 is 10.4. The molecule has 0 radical (unpaired) electrons. The predicted octanol–water partition coefficient (Wildman–Crippen LogP) is 0.168. The van der Waals surface area contributed by atoms with Gasteiger partial charge in [-0.2, -0.15) is 0 Å². The maximum Gasteiger partial charge on any atom is 0.306 e. The molecule has 1 atom stereocenters. The van der Waals surface area contributed by atoms with E-state index in [1.165, 1.54) is 10.5 Å². The molecule has 1 aromatic carbocycles. The average molecular weight is 378 g/mol. The molecule has 7 heteroatoms. The number of benzene rings is 1. The highest BCUT2D eigenvalue weighted by atomic mass is 16.5. The quantitative estimate of drug-likeness (QED) is 0.600. The molecule has 1 amide bonds. The summed E-state index contributed by atoms with van der Waals surface area (Å²) in [6.45, 7) is 5.94. The van der Waals surface area contributed by atoms with E-state index in [0.29, 0.717) is 13.2 Å². The minimum atomic E-state index is -0.331. The standard InChI is InChI=1S/C20H31N3O4/c1-4-27-20(25)10-9-19(24)21-15-18(23-11-13-26-14-12-23)16-5-7-17(8-6-16)22(2)3/h5-8,18H,4,9-15H2,1-3H3,(H,21,24)/p+1/t18-/m1/s1. The van der Waals surface area contributed by atoms with E-state index in [4.69, 9.17) is 9.47 Å². The fourth-order valence-electron chi connectivity index (χ4n) is 3.24. The molecule has 1 aromatic rings. The maximum atomic E-state index is 12.2. The van der Waals surface area contributed by atoms with Crippen molar-refractivity contribution in [3.8, 4) is 0 Å². The normalized spacial score (nSPS) is 15.8. The summed E-state index contributed by atoms with van der Waals surface area (Å²) in [5.74, 6) is -0.451. The van der Waals surface area contributed by atoms with Gasteiger partial charge in [-0.15, -0.1) is 0 Å². The number of ether oxygens (including phenoxy) is 2. The van der Waals surface area contributed by atoms with Gasteiger partial charge in [-0.25, -0.2) is 0 Å². The molecular weight excluding hydrogens is 346 g/mol. The second-order valence-electron chi connectivity index (χ2n) is 6.92.